The van der Waals surface area contributed by atoms with E-state index in [4.69, 9.17) is 4.84 Å². The highest BCUT2D eigenvalue weighted by Crippen LogP contribution is 2.25. The van der Waals surface area contributed by atoms with Gasteiger partial charge in [-0.2, -0.15) is 0 Å². The molecule has 4 rings (SSSR count). The third kappa shape index (κ3) is 5.34. The number of carbonyl (C=O) groups is 2. The third-order valence-electron chi connectivity index (χ3n) is 5.92. The van der Waals surface area contributed by atoms with Crippen LogP contribution in [0.2, 0.25) is 0 Å². The zero-order valence-corrected chi connectivity index (χ0v) is 19.2. The summed E-state index contributed by atoms with van der Waals surface area (Å²) in [6.45, 7) is 2.49. The number of carboxylic acids is 1. The summed E-state index contributed by atoms with van der Waals surface area (Å²) in [6.07, 6.45) is 2.39. The van der Waals surface area contributed by atoms with Crippen molar-refractivity contribution in [2.24, 2.45) is 5.16 Å². The highest BCUT2D eigenvalue weighted by molar-refractivity contribution is 6.01. The van der Waals surface area contributed by atoms with Crippen LogP contribution < -0.4 is 0 Å². The first-order valence-electron chi connectivity index (χ1n) is 11.6. The van der Waals surface area contributed by atoms with Crippen LogP contribution in [-0.4, -0.2) is 33.8 Å². The Morgan fingerprint density at radius 1 is 0.971 bits per heavy atom. The molecule has 1 aliphatic heterocycles. The normalized spacial score (nSPS) is 15.6. The molecule has 0 aromatic heterocycles. The number of carbonyl (C=O) groups excluding carboxylic acids is 1. The van der Waals surface area contributed by atoms with Gasteiger partial charge in [0.05, 0.1) is 12.1 Å². The number of oxime groups is 1. The summed E-state index contributed by atoms with van der Waals surface area (Å²) in [5.41, 5.74) is 3.70. The van der Waals surface area contributed by atoms with E-state index in [1.54, 1.807) is 23.1 Å². The molecule has 0 saturated carbocycles. The predicted octanol–water partition coefficient (Wildman–Crippen LogP) is 5.53. The van der Waals surface area contributed by atoms with Gasteiger partial charge in [-0.15, -0.1) is 0 Å². The fourth-order valence-corrected chi connectivity index (χ4v) is 4.05. The van der Waals surface area contributed by atoms with E-state index in [1.165, 1.54) is 0 Å². The molecule has 0 radical (unpaired) electrons. The molecule has 1 aliphatic rings. The van der Waals surface area contributed by atoms with Crippen LogP contribution >= 0.6 is 0 Å². The van der Waals surface area contributed by atoms with Gasteiger partial charge >= 0.3 is 5.97 Å². The zero-order chi connectivity index (χ0) is 23.9. The standard InChI is InChI=1S/C28H28N2O4/c1-2-3-13-26-29-34-25(18-20-9-5-4-6-10-20)27(31)30(26)19-21-14-16-22(17-15-21)23-11-7-8-12-24(23)28(32)33/h4-12,14-17,25H,2-3,13,18-19H2,1H3,(H,32,33). The second-order valence-corrected chi connectivity index (χ2v) is 8.37. The molecule has 0 fully saturated rings. The van der Waals surface area contributed by atoms with Crippen LogP contribution in [0.25, 0.3) is 11.1 Å². The van der Waals surface area contributed by atoms with E-state index in [9.17, 15) is 14.7 Å². The highest BCUT2D eigenvalue weighted by atomic mass is 16.6. The molecule has 0 aliphatic carbocycles. The molecule has 0 saturated heterocycles. The van der Waals surface area contributed by atoms with Crippen molar-refractivity contribution in [3.8, 4) is 11.1 Å². The van der Waals surface area contributed by atoms with E-state index < -0.39 is 12.1 Å². The Morgan fingerprint density at radius 2 is 1.68 bits per heavy atom. The van der Waals surface area contributed by atoms with Crippen LogP contribution in [0.1, 0.15) is 47.7 Å². The van der Waals surface area contributed by atoms with Crippen molar-refractivity contribution < 1.29 is 19.5 Å². The first kappa shape index (κ1) is 23.2. The number of aromatic carboxylic acids is 1. The third-order valence-corrected chi connectivity index (χ3v) is 5.92. The molecular weight excluding hydrogens is 428 g/mol. The number of amidine groups is 1. The van der Waals surface area contributed by atoms with Gasteiger partial charge in [-0.05, 0) is 34.7 Å². The summed E-state index contributed by atoms with van der Waals surface area (Å²) in [7, 11) is 0. The Labute approximate surface area is 199 Å². The molecular formula is C28H28N2O4. The van der Waals surface area contributed by atoms with Gasteiger partial charge < -0.3 is 9.94 Å². The topological polar surface area (TPSA) is 79.2 Å². The van der Waals surface area contributed by atoms with Crippen LogP contribution in [-0.2, 0) is 22.6 Å². The average Bonchev–Trinajstić information content (AvgIpc) is 2.87. The predicted molar refractivity (Wildman–Crippen MR) is 131 cm³/mol. The van der Waals surface area contributed by atoms with Gasteiger partial charge in [0.1, 0.15) is 0 Å². The lowest BCUT2D eigenvalue weighted by Crippen LogP contribution is -2.47. The van der Waals surface area contributed by atoms with Gasteiger partial charge in [0.2, 0.25) is 6.10 Å². The SMILES string of the molecule is CCCCC1=NOC(Cc2ccccc2)C(=O)N1Cc1ccc(-c2ccccc2C(=O)O)cc1. The van der Waals surface area contributed by atoms with Crippen molar-refractivity contribution in [1.29, 1.82) is 0 Å². The second kappa shape index (κ2) is 10.8. The number of unbranched alkanes of at least 4 members (excludes halogenated alkanes) is 1. The summed E-state index contributed by atoms with van der Waals surface area (Å²) < 4.78 is 0. The fourth-order valence-electron chi connectivity index (χ4n) is 4.05. The van der Waals surface area contributed by atoms with E-state index >= 15 is 0 Å². The maximum Gasteiger partial charge on any atom is 0.336 e. The molecule has 174 valence electrons. The Bertz CT molecular complexity index is 1170. The average molecular weight is 457 g/mol. The summed E-state index contributed by atoms with van der Waals surface area (Å²) in [5, 5.41) is 13.8. The second-order valence-electron chi connectivity index (χ2n) is 8.37. The molecule has 3 aromatic rings. The van der Waals surface area contributed by atoms with Gasteiger partial charge in [-0.3, -0.25) is 9.69 Å². The highest BCUT2D eigenvalue weighted by Gasteiger charge is 2.33. The van der Waals surface area contributed by atoms with Gasteiger partial charge in [-0.25, -0.2) is 4.79 Å². The number of nitrogens with zero attached hydrogens (tertiary/aromatic N) is 2. The van der Waals surface area contributed by atoms with Crippen LogP contribution in [0.4, 0.5) is 0 Å². The van der Waals surface area contributed by atoms with E-state index in [0.29, 0.717) is 30.8 Å². The van der Waals surface area contributed by atoms with Crippen molar-refractivity contribution in [2.45, 2.75) is 45.3 Å². The number of amides is 1. The minimum absolute atomic E-state index is 0.0924. The summed E-state index contributed by atoms with van der Waals surface area (Å²) in [5.74, 6) is -0.401. The molecule has 1 atom stereocenters. The zero-order valence-electron chi connectivity index (χ0n) is 19.2. The molecule has 3 aromatic carbocycles. The summed E-state index contributed by atoms with van der Waals surface area (Å²) in [6, 6.07) is 24.4. The van der Waals surface area contributed by atoms with Crippen LogP contribution in [0.5, 0.6) is 0 Å². The lowest BCUT2D eigenvalue weighted by Gasteiger charge is -2.31. The number of carboxylic acid groups (broad SMARTS) is 1. The Morgan fingerprint density at radius 3 is 2.38 bits per heavy atom. The molecule has 6 nitrogen and oxygen atoms in total. The minimum atomic E-state index is -0.958. The van der Waals surface area contributed by atoms with E-state index in [-0.39, 0.29) is 11.5 Å². The lowest BCUT2D eigenvalue weighted by atomic mass is 9.98. The van der Waals surface area contributed by atoms with Gasteiger partial charge in [0, 0.05) is 12.8 Å². The van der Waals surface area contributed by atoms with Gasteiger partial charge in [0.25, 0.3) is 5.91 Å². The molecule has 1 heterocycles. The Balaban J connectivity index is 1.55. The number of hydrogen-bond acceptors (Lipinski definition) is 4. The molecule has 34 heavy (non-hydrogen) atoms. The largest absolute Gasteiger partial charge is 0.478 e. The van der Waals surface area contributed by atoms with E-state index in [0.717, 1.165) is 29.5 Å². The Kier molecular flexibility index (Phi) is 7.38. The fraction of sp³-hybridized carbons (Fsp3) is 0.250. The molecule has 6 heteroatoms. The first-order valence-corrected chi connectivity index (χ1v) is 11.6. The number of hydrogen-bond donors (Lipinski definition) is 1. The smallest absolute Gasteiger partial charge is 0.336 e. The first-order chi connectivity index (χ1) is 16.6. The van der Waals surface area contributed by atoms with Crippen molar-refractivity contribution in [3.05, 3.63) is 95.6 Å². The van der Waals surface area contributed by atoms with Gasteiger partial charge in [0.15, 0.2) is 5.84 Å². The van der Waals surface area contributed by atoms with Crippen LogP contribution in [0, 0.1) is 0 Å². The Hall–Kier alpha value is -3.93. The summed E-state index contributed by atoms with van der Waals surface area (Å²) in [4.78, 5) is 32.3. The lowest BCUT2D eigenvalue weighted by molar-refractivity contribution is -0.143. The molecule has 1 amide bonds. The van der Waals surface area contributed by atoms with E-state index in [1.807, 2.05) is 60.7 Å². The van der Waals surface area contributed by atoms with Crippen LogP contribution in [0.15, 0.2) is 84.0 Å². The van der Waals surface area contributed by atoms with Crippen LogP contribution in [0.3, 0.4) is 0 Å². The monoisotopic (exact) mass is 456 g/mol. The molecule has 0 spiro atoms. The van der Waals surface area contributed by atoms with Crippen molar-refractivity contribution in [2.75, 3.05) is 0 Å². The number of benzene rings is 3. The molecule has 1 N–H and O–H groups in total. The maximum absolute atomic E-state index is 13.4. The molecule has 1 unspecified atom stereocenters. The van der Waals surface area contributed by atoms with Crippen molar-refractivity contribution in [1.82, 2.24) is 4.90 Å². The van der Waals surface area contributed by atoms with E-state index in [2.05, 4.69) is 12.1 Å². The molecule has 0 bridgehead atoms. The minimum Gasteiger partial charge on any atom is -0.478 e. The number of rotatable bonds is 9. The quantitative estimate of drug-likeness (QED) is 0.459. The van der Waals surface area contributed by atoms with Crippen molar-refractivity contribution >= 4 is 17.7 Å². The van der Waals surface area contributed by atoms with Crippen molar-refractivity contribution in [3.63, 3.8) is 0 Å². The summed E-state index contributed by atoms with van der Waals surface area (Å²) >= 11 is 0. The van der Waals surface area contributed by atoms with Gasteiger partial charge in [-0.1, -0.05) is 91.3 Å². The maximum atomic E-state index is 13.4.